The van der Waals surface area contributed by atoms with E-state index in [4.69, 9.17) is 51.6 Å². The first-order valence-electron chi connectivity index (χ1n) is 36.6. The van der Waals surface area contributed by atoms with Crippen LogP contribution in [0.3, 0.4) is 0 Å². The van der Waals surface area contributed by atoms with Gasteiger partial charge in [-0.15, -0.1) is 0 Å². The molecule has 10 aliphatic rings. The number of hydrogen-bond donors (Lipinski definition) is 9. The van der Waals surface area contributed by atoms with E-state index in [9.17, 15) is 54.0 Å². The summed E-state index contributed by atoms with van der Waals surface area (Å²) in [6, 6.07) is 49.9. The van der Waals surface area contributed by atoms with Gasteiger partial charge in [0, 0.05) is 112 Å². The lowest BCUT2D eigenvalue weighted by Gasteiger charge is -2.10. The summed E-state index contributed by atoms with van der Waals surface area (Å²) in [5.74, 6) is 0.265. The number of nitro benzene ring substituents is 1. The van der Waals surface area contributed by atoms with E-state index in [-0.39, 0.29) is 64.8 Å². The van der Waals surface area contributed by atoms with E-state index >= 15 is 0 Å². The quantitative estimate of drug-likeness (QED) is 0.0445. The van der Waals surface area contributed by atoms with Gasteiger partial charge in [-0.25, -0.2) is 30.7 Å². The predicted octanol–water partition coefficient (Wildman–Crippen LogP) is 14.4. The minimum absolute atomic E-state index is 0.0544. The van der Waals surface area contributed by atoms with Gasteiger partial charge in [-0.1, -0.05) is 86.5 Å². The molecule has 0 aliphatic carbocycles. The number of alkyl halides is 3. The van der Waals surface area contributed by atoms with Crippen molar-refractivity contribution in [3.05, 3.63) is 371 Å². The summed E-state index contributed by atoms with van der Waals surface area (Å²) < 4.78 is 131. The largest absolute Gasteiger partial charge is 0.419 e. The molecule has 10 aromatic carbocycles. The van der Waals surface area contributed by atoms with E-state index in [0.29, 0.717) is 107 Å². The van der Waals surface area contributed by atoms with Crippen molar-refractivity contribution in [2.24, 2.45) is 102 Å². The topological polar surface area (TPSA) is 406 Å². The third kappa shape index (κ3) is 20.4. The van der Waals surface area contributed by atoms with E-state index < -0.39 is 34.1 Å². The molecule has 1 aromatic heterocycles. The number of hydrogen-bond acceptors (Lipinski definition) is 21. The Bertz CT molecular complexity index is 6080. The maximum atomic E-state index is 13.4. The standard InChI is InChI=1S/C13H12N2.C9H6F4N2.2C8H7BrN2.C8H6F2N2.4C8H7FN2.C8H7N3O2/c1-10-13-11(9-14-10)5-4-6-12(13)15-7-2-3-8-15;10-7-5-3-15-8(14)4(5)1-2-6(7)9(11,12)13;9-6-1-2-7-5(3-6)4-11-8(7)10;9-6-2-1-5-4-11-8(10)7(5)3-6;9-4-1-5-6(7(10)2-4)3-12-8(5)11;9-6-1-2-7-5(3-6)4-11-8(7)10;9-6-2-1-5-4-11-8(10)7(5)3-6;9-7-3-1-2-5-6(7)4-11-8(5)10;9-6-3-1-2-5-4-11-8(10)7(5)6;9-8-7-3-6(11(12)13)2-1-5(7)4-10-8/h2-8H,9H2,1H3;1-2H,3H2,(H2,14,15);2*1-3H,4H2,(H2,10,11);1-2H,3H2,(H2,11,12);4*1-3H,4H2,(H2,10,11);1-3H,4H2,(H2,9,10). The summed E-state index contributed by atoms with van der Waals surface area (Å²) in [7, 11) is 0. The maximum absolute atomic E-state index is 13.4. The zero-order valence-corrected chi connectivity index (χ0v) is 67.1. The molecule has 618 valence electrons. The highest BCUT2D eigenvalue weighted by Gasteiger charge is 2.37. The smallest absolute Gasteiger partial charge is 0.383 e. The van der Waals surface area contributed by atoms with Crippen molar-refractivity contribution in [1.82, 2.24) is 4.57 Å². The van der Waals surface area contributed by atoms with Crippen LogP contribution in [-0.2, 0) is 71.6 Å². The number of nitrogens with zero attached hydrogens (tertiary/aromatic N) is 12. The van der Waals surface area contributed by atoms with Crippen LogP contribution in [0.2, 0.25) is 0 Å². The molecule has 0 saturated carbocycles. The van der Waals surface area contributed by atoms with Gasteiger partial charge in [-0.05, 0) is 155 Å². The van der Waals surface area contributed by atoms with Crippen molar-refractivity contribution in [2.45, 2.75) is 78.5 Å². The molecule has 0 bridgehead atoms. The van der Waals surface area contributed by atoms with Crippen molar-refractivity contribution < 1.29 is 48.8 Å². The first kappa shape index (κ1) is 86.4. The molecule has 21 rings (SSSR count). The number of non-ortho nitro benzene ring substituents is 1. The molecule has 10 aliphatic heterocycles. The van der Waals surface area contributed by atoms with Gasteiger partial charge in [0.1, 0.15) is 93.2 Å². The molecule has 18 N–H and O–H groups in total. The van der Waals surface area contributed by atoms with E-state index in [1.54, 1.807) is 36.4 Å². The molecule has 11 heterocycles. The minimum Gasteiger partial charge on any atom is -0.383 e. The Kier molecular flexibility index (Phi) is 27.0. The SMILES string of the molecule is CC1=NCc2cccc(-n3cccc3)c21.NC1=NCc2c(F)cc(F)cc21.NC1=NCc2c(F)cccc21.NC1=NCc2c1ccc(C(F)(F)F)c2F.NC1=NCc2cc(Br)ccc21.NC1=NCc2cc(F)ccc21.NC1=NCc2ccc(Br)cc21.NC1=NCc2ccc(F)cc21.NC1=NCc2ccc([N+](=O)[O-])cc21.NC1=NCc2cccc(F)c21. The second-order valence-corrected chi connectivity index (χ2v) is 29.2. The van der Waals surface area contributed by atoms with E-state index in [0.717, 1.165) is 96.5 Å². The van der Waals surface area contributed by atoms with Crippen LogP contribution in [-0.4, -0.2) is 67.7 Å². The van der Waals surface area contributed by atoms with Crippen LogP contribution in [0.5, 0.6) is 0 Å². The summed E-state index contributed by atoms with van der Waals surface area (Å²) in [5, 5.41) is 10.4. The van der Waals surface area contributed by atoms with Crippen LogP contribution in [0.4, 0.5) is 49.6 Å². The summed E-state index contributed by atoms with van der Waals surface area (Å²) >= 11 is 6.77. The summed E-state index contributed by atoms with van der Waals surface area (Å²) in [6.45, 7) is 6.97. The number of halogens is 12. The lowest BCUT2D eigenvalue weighted by Crippen LogP contribution is -2.14. The van der Waals surface area contributed by atoms with Crippen LogP contribution in [0, 0.1) is 50.8 Å². The van der Waals surface area contributed by atoms with Crippen LogP contribution in [0.15, 0.2) is 253 Å². The molecule has 35 heteroatoms. The highest BCUT2D eigenvalue weighted by molar-refractivity contribution is 9.10. The van der Waals surface area contributed by atoms with Crippen molar-refractivity contribution in [3.63, 3.8) is 0 Å². The minimum atomic E-state index is -4.68. The summed E-state index contributed by atoms with van der Waals surface area (Å²) in [6.07, 6.45) is -0.543. The number of nitrogens with two attached hydrogens (primary N) is 9. The van der Waals surface area contributed by atoms with Crippen LogP contribution >= 0.6 is 31.9 Å². The number of fused-ring (bicyclic) bond motifs is 10. The van der Waals surface area contributed by atoms with Crippen molar-refractivity contribution >= 4 is 95.8 Å². The molecule has 0 fully saturated rings. The van der Waals surface area contributed by atoms with Crippen LogP contribution < -0.4 is 51.6 Å². The Labute approximate surface area is 702 Å². The molecule has 0 radical (unpaired) electrons. The maximum Gasteiger partial charge on any atom is 0.419 e. The zero-order chi connectivity index (χ0) is 86.7. The Balaban J connectivity index is 0.000000123. The molecule has 0 spiro atoms. The van der Waals surface area contributed by atoms with Gasteiger partial charge in [0.15, 0.2) is 0 Å². The van der Waals surface area contributed by atoms with Crippen LogP contribution in [0.1, 0.15) is 124 Å². The van der Waals surface area contributed by atoms with Crippen molar-refractivity contribution in [3.8, 4) is 5.69 Å². The fourth-order valence-corrected chi connectivity index (χ4v) is 14.1. The zero-order valence-electron chi connectivity index (χ0n) is 64.0. The first-order chi connectivity index (χ1) is 57.8. The third-order valence-electron chi connectivity index (χ3n) is 19.6. The first-order valence-corrected chi connectivity index (χ1v) is 38.2. The highest BCUT2D eigenvalue weighted by atomic mass is 79.9. The van der Waals surface area contributed by atoms with Gasteiger partial charge in [-0.3, -0.25) is 60.0 Å². The molecule has 23 nitrogen and oxygen atoms in total. The Hall–Kier alpha value is -14.0. The summed E-state index contributed by atoms with van der Waals surface area (Å²) in [4.78, 5) is 49.9. The molecular weight excluding hydrogens is 1710 g/mol. The normalized spacial score (nSPS) is 14.4. The molecule has 121 heavy (non-hydrogen) atoms. The average Bonchev–Trinajstić information content (AvgIpc) is 1.46. The monoisotopic (exact) mass is 1780 g/mol. The van der Waals surface area contributed by atoms with Gasteiger partial charge < -0.3 is 56.2 Å². The predicted molar refractivity (Wildman–Crippen MR) is 456 cm³/mol. The van der Waals surface area contributed by atoms with Gasteiger partial charge in [0.25, 0.3) is 5.69 Å². The number of aliphatic imine (C=N–C) groups is 10. The van der Waals surface area contributed by atoms with Crippen LogP contribution in [0.25, 0.3) is 5.69 Å². The lowest BCUT2D eigenvalue weighted by atomic mass is 10.0. The van der Waals surface area contributed by atoms with Gasteiger partial charge in [0.05, 0.1) is 87.2 Å². The molecular formula is C86H73Br2F10N21O2. The molecule has 0 unspecified atom stereocenters. The lowest BCUT2D eigenvalue weighted by molar-refractivity contribution is -0.384. The molecule has 0 saturated heterocycles. The Morgan fingerprint density at radius 1 is 0.347 bits per heavy atom. The molecule has 0 amide bonds. The van der Waals surface area contributed by atoms with Crippen molar-refractivity contribution in [2.75, 3.05) is 0 Å². The van der Waals surface area contributed by atoms with Gasteiger partial charge in [0.2, 0.25) is 0 Å². The molecule has 0 atom stereocenters. The third-order valence-corrected chi connectivity index (χ3v) is 20.6. The highest BCUT2D eigenvalue weighted by Crippen LogP contribution is 2.36. The van der Waals surface area contributed by atoms with E-state index in [1.807, 2.05) is 48.5 Å². The second kappa shape index (κ2) is 37.8. The van der Waals surface area contributed by atoms with E-state index in [2.05, 4.69) is 130 Å². The number of benzene rings is 10. The Morgan fingerprint density at radius 3 is 1.36 bits per heavy atom. The Morgan fingerprint density at radius 2 is 0.760 bits per heavy atom. The van der Waals surface area contributed by atoms with E-state index in [1.165, 1.54) is 82.5 Å². The fraction of sp³-hybridized carbons (Fsp3) is 0.140. The second-order valence-electron chi connectivity index (χ2n) is 27.3. The van der Waals surface area contributed by atoms with Gasteiger partial charge >= 0.3 is 6.18 Å². The average molecular weight is 1780 g/mol. The number of amidine groups is 9. The van der Waals surface area contributed by atoms with Gasteiger partial charge in [-0.2, -0.15) is 13.2 Å². The number of nitro groups is 1. The number of rotatable bonds is 2. The summed E-state index contributed by atoms with van der Waals surface area (Å²) in [5.41, 5.74) is 66.7. The van der Waals surface area contributed by atoms with Crippen molar-refractivity contribution in [1.29, 1.82) is 0 Å². The molecule has 11 aromatic rings. The number of aromatic nitrogens is 1. The fourth-order valence-electron chi connectivity index (χ4n) is 13.4.